The normalized spacial score (nSPS) is 16.5. The Kier molecular flexibility index (Phi) is 3.95. The highest BCUT2D eigenvalue weighted by atomic mass is 16.5. The maximum atomic E-state index is 13.0. The van der Waals surface area contributed by atoms with E-state index in [1.54, 1.807) is 12.1 Å². The van der Waals surface area contributed by atoms with Gasteiger partial charge in [0.15, 0.2) is 5.60 Å². The molecule has 1 spiro atoms. The first-order chi connectivity index (χ1) is 14.1. The molecule has 5 heteroatoms. The number of carbonyl (C=O) groups excluding carboxylic acids is 1. The third-order valence-corrected chi connectivity index (χ3v) is 6.10. The molecule has 0 atom stereocenters. The predicted octanol–water partition coefficient (Wildman–Crippen LogP) is 4.18. The molecule has 1 fully saturated rings. The van der Waals surface area contributed by atoms with Gasteiger partial charge in [0.1, 0.15) is 5.75 Å². The van der Waals surface area contributed by atoms with Gasteiger partial charge in [0.05, 0.1) is 23.0 Å². The Morgan fingerprint density at radius 1 is 1.10 bits per heavy atom. The third kappa shape index (κ3) is 2.72. The summed E-state index contributed by atoms with van der Waals surface area (Å²) in [5.74, 6) is 0.901. The monoisotopic (exact) mass is 383 g/mol. The number of carbonyl (C=O) groups is 1. The second-order valence-corrected chi connectivity index (χ2v) is 7.76. The lowest BCUT2D eigenvalue weighted by molar-refractivity contribution is -0.00931. The molecule has 0 unspecified atom stereocenters. The molecular weight excluding hydrogens is 362 g/mol. The molecule has 3 heterocycles. The van der Waals surface area contributed by atoms with Gasteiger partial charge in [0, 0.05) is 37.7 Å². The van der Waals surface area contributed by atoms with E-state index >= 15 is 0 Å². The van der Waals surface area contributed by atoms with Gasteiger partial charge >= 0.3 is 0 Å². The summed E-state index contributed by atoms with van der Waals surface area (Å²) in [5.41, 5.74) is 3.87. The largest absolute Gasteiger partial charge is 0.479 e. The van der Waals surface area contributed by atoms with Crippen molar-refractivity contribution < 1.29 is 9.53 Å². The minimum Gasteiger partial charge on any atom is -0.479 e. The Morgan fingerprint density at radius 3 is 2.66 bits per heavy atom. The van der Waals surface area contributed by atoms with E-state index in [1.165, 1.54) is 0 Å². The van der Waals surface area contributed by atoms with Gasteiger partial charge in [0.25, 0.3) is 5.91 Å². The molecule has 2 aliphatic heterocycles. The number of likely N-dealkylation sites (tertiary alicyclic amines) is 1. The van der Waals surface area contributed by atoms with Crippen LogP contribution in [-0.2, 0) is 5.60 Å². The van der Waals surface area contributed by atoms with Gasteiger partial charge in [0.2, 0.25) is 0 Å². The lowest BCUT2D eigenvalue weighted by Gasteiger charge is -2.45. The first-order valence-corrected chi connectivity index (χ1v) is 9.88. The first-order valence-electron chi connectivity index (χ1n) is 9.88. The van der Waals surface area contributed by atoms with Gasteiger partial charge in [-0.15, -0.1) is 0 Å². The van der Waals surface area contributed by atoms with Crippen molar-refractivity contribution in [2.45, 2.75) is 25.4 Å². The molecule has 5 nitrogen and oxygen atoms in total. The zero-order valence-electron chi connectivity index (χ0n) is 16.3. The molecule has 2 aliphatic rings. The van der Waals surface area contributed by atoms with E-state index in [0.29, 0.717) is 24.2 Å². The van der Waals surface area contributed by atoms with Crippen LogP contribution < -0.4 is 4.74 Å². The fourth-order valence-corrected chi connectivity index (χ4v) is 4.50. The first kappa shape index (κ1) is 17.6. The van der Waals surface area contributed by atoms with Gasteiger partial charge in [-0.2, -0.15) is 5.26 Å². The third-order valence-electron chi connectivity index (χ3n) is 6.10. The van der Waals surface area contributed by atoms with Crippen molar-refractivity contribution in [2.75, 3.05) is 13.1 Å². The Balaban J connectivity index is 1.39. The van der Waals surface area contributed by atoms with Crippen molar-refractivity contribution in [2.24, 2.45) is 0 Å². The summed E-state index contributed by atoms with van der Waals surface area (Å²) in [6.45, 7) is 3.12. The number of hydrogen-bond donors (Lipinski definition) is 0. The molecule has 5 rings (SSSR count). The summed E-state index contributed by atoms with van der Waals surface area (Å²) in [6.07, 6.45) is 3.56. The molecule has 29 heavy (non-hydrogen) atoms. The number of fused-ring (bicyclic) bond motifs is 4. The number of nitriles is 1. The van der Waals surface area contributed by atoms with Gasteiger partial charge in [-0.3, -0.25) is 4.79 Å². The number of hydrogen-bond acceptors (Lipinski definition) is 3. The van der Waals surface area contributed by atoms with E-state index in [-0.39, 0.29) is 5.91 Å². The van der Waals surface area contributed by atoms with Gasteiger partial charge < -0.3 is 14.2 Å². The molecule has 0 N–H and O–H groups in total. The summed E-state index contributed by atoms with van der Waals surface area (Å²) >= 11 is 0. The average molecular weight is 383 g/mol. The summed E-state index contributed by atoms with van der Waals surface area (Å²) in [4.78, 5) is 14.9. The number of piperidine rings is 1. The standard InChI is InChI=1S/C24H21N3O2/c1-17-15-18(8-9-19(17)16-25)23(28)26-13-10-24(11-14-26)22-7-4-12-27(22)20-5-2-3-6-21(20)29-24/h2-9,12,15H,10-11,13-14H2,1H3. The topological polar surface area (TPSA) is 58.3 Å². The van der Waals surface area contributed by atoms with E-state index in [4.69, 9.17) is 10.00 Å². The van der Waals surface area contributed by atoms with Crippen LogP contribution in [0.25, 0.3) is 5.69 Å². The fraction of sp³-hybridized carbons (Fsp3) is 0.250. The number of nitrogens with zero attached hydrogens (tertiary/aromatic N) is 3. The second kappa shape index (κ2) is 6.52. The number of aromatic nitrogens is 1. The molecule has 3 aromatic rings. The van der Waals surface area contributed by atoms with Crippen LogP contribution in [0.15, 0.2) is 60.8 Å². The van der Waals surface area contributed by atoms with Crippen molar-refractivity contribution in [1.29, 1.82) is 5.26 Å². The van der Waals surface area contributed by atoms with E-state index in [2.05, 4.69) is 35.0 Å². The van der Waals surface area contributed by atoms with Gasteiger partial charge in [-0.05, 0) is 55.0 Å². The summed E-state index contributed by atoms with van der Waals surface area (Å²) in [6, 6.07) is 19.7. The van der Waals surface area contributed by atoms with E-state index in [9.17, 15) is 4.79 Å². The quantitative estimate of drug-likeness (QED) is 0.633. The molecule has 144 valence electrons. The molecule has 1 saturated heterocycles. The molecule has 0 radical (unpaired) electrons. The zero-order valence-corrected chi connectivity index (χ0v) is 16.3. The lowest BCUT2D eigenvalue weighted by Crippen LogP contribution is -2.50. The lowest BCUT2D eigenvalue weighted by atomic mass is 9.86. The smallest absolute Gasteiger partial charge is 0.253 e. The van der Waals surface area contributed by atoms with Crippen LogP contribution in [0.4, 0.5) is 0 Å². The van der Waals surface area contributed by atoms with E-state index < -0.39 is 5.60 Å². The van der Waals surface area contributed by atoms with E-state index in [1.807, 2.05) is 36.1 Å². The Labute approximate surface area is 169 Å². The second-order valence-electron chi connectivity index (χ2n) is 7.76. The molecule has 0 saturated carbocycles. The number of rotatable bonds is 1. The Morgan fingerprint density at radius 2 is 1.90 bits per heavy atom. The van der Waals surface area contributed by atoms with E-state index in [0.717, 1.165) is 35.5 Å². The highest BCUT2D eigenvalue weighted by Crippen LogP contribution is 2.45. The number of benzene rings is 2. The number of ether oxygens (including phenoxy) is 1. The highest BCUT2D eigenvalue weighted by molar-refractivity contribution is 5.94. The van der Waals surface area contributed by atoms with Gasteiger partial charge in [-0.1, -0.05) is 12.1 Å². The van der Waals surface area contributed by atoms with Crippen LogP contribution in [0, 0.1) is 18.3 Å². The number of para-hydroxylation sites is 2. The molecule has 2 aromatic carbocycles. The predicted molar refractivity (Wildman–Crippen MR) is 109 cm³/mol. The summed E-state index contributed by atoms with van der Waals surface area (Å²) in [7, 11) is 0. The summed E-state index contributed by atoms with van der Waals surface area (Å²) in [5, 5.41) is 9.11. The minimum absolute atomic E-state index is 0.0130. The van der Waals surface area contributed by atoms with Crippen molar-refractivity contribution in [3.63, 3.8) is 0 Å². The Bertz CT molecular complexity index is 1150. The number of amides is 1. The molecule has 1 amide bonds. The highest BCUT2D eigenvalue weighted by Gasteiger charge is 2.44. The average Bonchev–Trinajstić information content (AvgIpc) is 3.25. The SMILES string of the molecule is Cc1cc(C(=O)N2CCC3(CC2)Oc2ccccc2-n2cccc23)ccc1C#N. The van der Waals surface area contributed by atoms with Crippen LogP contribution >= 0.6 is 0 Å². The van der Waals surface area contributed by atoms with Crippen molar-refractivity contribution in [3.05, 3.63) is 83.2 Å². The molecular formula is C24H21N3O2. The molecule has 0 bridgehead atoms. The van der Waals surface area contributed by atoms with Gasteiger partial charge in [-0.25, -0.2) is 0 Å². The van der Waals surface area contributed by atoms with Crippen molar-refractivity contribution in [1.82, 2.24) is 9.47 Å². The van der Waals surface area contributed by atoms with Crippen LogP contribution in [0.1, 0.15) is 40.0 Å². The minimum atomic E-state index is -0.408. The maximum absolute atomic E-state index is 13.0. The molecule has 1 aromatic heterocycles. The van der Waals surface area contributed by atoms with Crippen molar-refractivity contribution in [3.8, 4) is 17.5 Å². The fourth-order valence-electron chi connectivity index (χ4n) is 4.50. The van der Waals surface area contributed by atoms with Crippen molar-refractivity contribution >= 4 is 5.91 Å². The van der Waals surface area contributed by atoms with Crippen LogP contribution in [-0.4, -0.2) is 28.5 Å². The van der Waals surface area contributed by atoms with Crippen LogP contribution in [0.2, 0.25) is 0 Å². The molecule has 0 aliphatic carbocycles. The maximum Gasteiger partial charge on any atom is 0.253 e. The number of aryl methyl sites for hydroxylation is 1. The van der Waals surface area contributed by atoms with Crippen LogP contribution in [0.3, 0.4) is 0 Å². The van der Waals surface area contributed by atoms with Crippen LogP contribution in [0.5, 0.6) is 5.75 Å². The zero-order chi connectivity index (χ0) is 20.0. The Hall–Kier alpha value is -3.52. The summed E-state index contributed by atoms with van der Waals surface area (Å²) < 4.78 is 8.74.